The highest BCUT2D eigenvalue weighted by Gasteiger charge is 2.33. The number of thiazole rings is 1. The van der Waals surface area contributed by atoms with Crippen LogP contribution in [-0.4, -0.2) is 77.7 Å². The molecule has 0 spiro atoms. The Morgan fingerprint density at radius 2 is 2.00 bits per heavy atom. The molecule has 2 aliphatic rings. The standard InChI is InChI=1S/C22H24ClFN6O4S/c1-29-6-4-16-18(10-29)35-22(28-16)21(34)27-17-9-30(11-31)7-5-15(17)26-20(33)19(32)25-12-2-3-13(23)14(24)8-12/h2-3,8,11,15,17H,4-7,9-10H2,1H3,(H,25,32)(H,26,33)(H,27,34)/t15-,17+/m0/s1. The number of benzene rings is 1. The van der Waals surface area contributed by atoms with Crippen LogP contribution in [0.25, 0.3) is 0 Å². The number of carbonyl (C=O) groups is 4. The van der Waals surface area contributed by atoms with Gasteiger partial charge in [0, 0.05) is 43.2 Å². The van der Waals surface area contributed by atoms with Gasteiger partial charge in [-0.1, -0.05) is 11.6 Å². The van der Waals surface area contributed by atoms with E-state index in [9.17, 15) is 23.6 Å². The molecule has 2 aromatic rings. The van der Waals surface area contributed by atoms with Gasteiger partial charge in [0.05, 0.1) is 22.8 Å². The van der Waals surface area contributed by atoms with Crippen LogP contribution < -0.4 is 16.0 Å². The average molecular weight is 523 g/mol. The van der Waals surface area contributed by atoms with E-state index in [-0.39, 0.29) is 17.3 Å². The fourth-order valence-electron chi connectivity index (χ4n) is 4.04. The number of hydrogen-bond acceptors (Lipinski definition) is 7. The summed E-state index contributed by atoms with van der Waals surface area (Å²) in [5.41, 5.74) is 0.989. The first-order chi connectivity index (χ1) is 16.7. The molecule has 4 amide bonds. The first-order valence-electron chi connectivity index (χ1n) is 11.0. The number of carbonyl (C=O) groups excluding carboxylic acids is 4. The Bertz CT molecular complexity index is 1160. The van der Waals surface area contributed by atoms with E-state index in [0.717, 1.165) is 36.1 Å². The predicted octanol–water partition coefficient (Wildman–Crippen LogP) is 1.01. The summed E-state index contributed by atoms with van der Waals surface area (Å²) in [4.78, 5) is 58.3. The number of piperidine rings is 1. The highest BCUT2D eigenvalue weighted by molar-refractivity contribution is 7.13. The minimum Gasteiger partial charge on any atom is -0.343 e. The molecule has 4 rings (SSSR count). The van der Waals surface area contributed by atoms with Gasteiger partial charge in [-0.3, -0.25) is 19.2 Å². The summed E-state index contributed by atoms with van der Waals surface area (Å²) < 4.78 is 13.6. The lowest BCUT2D eigenvalue weighted by atomic mass is 9.99. The average Bonchev–Trinajstić information content (AvgIpc) is 3.25. The maximum Gasteiger partial charge on any atom is 0.313 e. The third-order valence-electron chi connectivity index (χ3n) is 5.93. The predicted molar refractivity (Wildman–Crippen MR) is 128 cm³/mol. The fourth-order valence-corrected chi connectivity index (χ4v) is 5.25. The lowest BCUT2D eigenvalue weighted by Crippen LogP contribution is -2.61. The van der Waals surface area contributed by atoms with E-state index in [0.29, 0.717) is 24.4 Å². The van der Waals surface area contributed by atoms with Crippen molar-refractivity contribution in [2.24, 2.45) is 0 Å². The number of likely N-dealkylation sites (tertiary alicyclic amines) is 1. The van der Waals surface area contributed by atoms with Gasteiger partial charge >= 0.3 is 11.8 Å². The normalized spacial score (nSPS) is 20.0. The van der Waals surface area contributed by atoms with Gasteiger partial charge in [-0.05, 0) is 31.7 Å². The number of halogens is 2. The summed E-state index contributed by atoms with van der Waals surface area (Å²) in [5, 5.41) is 8.01. The Morgan fingerprint density at radius 1 is 1.20 bits per heavy atom. The molecule has 0 unspecified atom stereocenters. The van der Waals surface area contributed by atoms with Gasteiger partial charge in [0.15, 0.2) is 5.01 Å². The molecular formula is C22H24ClFN6O4S. The zero-order valence-electron chi connectivity index (χ0n) is 18.8. The Kier molecular flexibility index (Phi) is 7.63. The minimum atomic E-state index is -0.994. The Morgan fingerprint density at radius 3 is 2.74 bits per heavy atom. The SMILES string of the molecule is CN1CCc2nc(C(=O)N[C@@H]3CN(C=O)CC[C@@H]3NC(=O)C(=O)Nc3ccc(Cl)c(F)c3)sc2C1. The van der Waals surface area contributed by atoms with Crippen molar-refractivity contribution in [3.8, 4) is 0 Å². The van der Waals surface area contributed by atoms with Crippen molar-refractivity contribution in [1.29, 1.82) is 0 Å². The smallest absolute Gasteiger partial charge is 0.313 e. The highest BCUT2D eigenvalue weighted by Crippen LogP contribution is 2.25. The zero-order chi connectivity index (χ0) is 25.1. The molecule has 0 radical (unpaired) electrons. The lowest BCUT2D eigenvalue weighted by Gasteiger charge is -2.37. The monoisotopic (exact) mass is 522 g/mol. The van der Waals surface area contributed by atoms with E-state index < -0.39 is 35.6 Å². The molecule has 186 valence electrons. The quantitative estimate of drug-likeness (QED) is 0.398. The molecule has 3 heterocycles. The Balaban J connectivity index is 1.41. The van der Waals surface area contributed by atoms with E-state index in [1.807, 2.05) is 7.05 Å². The lowest BCUT2D eigenvalue weighted by molar-refractivity contribution is -0.137. The number of likely N-dealkylation sites (N-methyl/N-ethyl adjacent to an activating group) is 1. The number of aromatic nitrogens is 1. The summed E-state index contributed by atoms with van der Waals surface area (Å²) in [5.74, 6) is -3.07. The van der Waals surface area contributed by atoms with Gasteiger partial charge in [0.25, 0.3) is 5.91 Å². The summed E-state index contributed by atoms with van der Waals surface area (Å²) in [6, 6.07) is 2.41. The molecule has 3 N–H and O–H groups in total. The number of hydrogen-bond donors (Lipinski definition) is 3. The maximum atomic E-state index is 13.6. The molecule has 2 atom stereocenters. The Labute approximate surface area is 209 Å². The minimum absolute atomic E-state index is 0.0751. The molecule has 0 aliphatic carbocycles. The van der Waals surface area contributed by atoms with Crippen LogP contribution in [0.4, 0.5) is 10.1 Å². The molecule has 35 heavy (non-hydrogen) atoms. The van der Waals surface area contributed by atoms with Crippen LogP contribution in [0.2, 0.25) is 5.02 Å². The molecular weight excluding hydrogens is 499 g/mol. The first-order valence-corrected chi connectivity index (χ1v) is 12.2. The molecule has 2 aliphatic heterocycles. The molecule has 1 saturated heterocycles. The van der Waals surface area contributed by atoms with Gasteiger partial charge in [-0.15, -0.1) is 11.3 Å². The third kappa shape index (κ3) is 5.95. The third-order valence-corrected chi connectivity index (χ3v) is 7.31. The van der Waals surface area contributed by atoms with E-state index in [2.05, 4.69) is 25.8 Å². The summed E-state index contributed by atoms with van der Waals surface area (Å²) in [6.45, 7) is 2.11. The topological polar surface area (TPSA) is 124 Å². The highest BCUT2D eigenvalue weighted by atomic mass is 35.5. The van der Waals surface area contributed by atoms with Crippen molar-refractivity contribution in [3.05, 3.63) is 44.6 Å². The molecule has 1 fully saturated rings. The van der Waals surface area contributed by atoms with E-state index >= 15 is 0 Å². The molecule has 0 bridgehead atoms. The number of amides is 4. The van der Waals surface area contributed by atoms with Crippen LogP contribution in [-0.2, 0) is 27.3 Å². The van der Waals surface area contributed by atoms with E-state index in [4.69, 9.17) is 11.6 Å². The molecule has 1 aromatic carbocycles. The molecule has 10 nitrogen and oxygen atoms in total. The van der Waals surface area contributed by atoms with Gasteiger partial charge in [0.2, 0.25) is 6.41 Å². The van der Waals surface area contributed by atoms with Crippen molar-refractivity contribution in [2.75, 3.05) is 32.0 Å². The van der Waals surface area contributed by atoms with Crippen LogP contribution in [0.1, 0.15) is 26.8 Å². The summed E-state index contributed by atoms with van der Waals surface area (Å²) in [6.07, 6.45) is 1.78. The van der Waals surface area contributed by atoms with Crippen LogP contribution in [0.15, 0.2) is 18.2 Å². The van der Waals surface area contributed by atoms with Gasteiger partial charge in [-0.25, -0.2) is 9.37 Å². The number of fused-ring (bicyclic) bond motifs is 1. The van der Waals surface area contributed by atoms with Crippen molar-refractivity contribution < 1.29 is 23.6 Å². The molecule has 0 saturated carbocycles. The maximum absolute atomic E-state index is 13.6. The van der Waals surface area contributed by atoms with Crippen molar-refractivity contribution >= 4 is 52.8 Å². The number of nitrogens with one attached hydrogen (secondary N) is 3. The number of nitrogens with zero attached hydrogens (tertiary/aromatic N) is 3. The number of anilines is 1. The van der Waals surface area contributed by atoms with Crippen LogP contribution in [0.5, 0.6) is 0 Å². The molecule has 13 heteroatoms. The number of rotatable bonds is 5. The molecule has 1 aromatic heterocycles. The fraction of sp³-hybridized carbons (Fsp3) is 0.409. The van der Waals surface area contributed by atoms with Crippen LogP contribution >= 0.6 is 22.9 Å². The summed E-state index contributed by atoms with van der Waals surface area (Å²) >= 11 is 6.96. The second kappa shape index (κ2) is 10.7. The Hall–Kier alpha value is -3.09. The van der Waals surface area contributed by atoms with Crippen LogP contribution in [0.3, 0.4) is 0 Å². The van der Waals surface area contributed by atoms with Crippen molar-refractivity contribution in [2.45, 2.75) is 31.5 Å². The zero-order valence-corrected chi connectivity index (χ0v) is 20.4. The van der Waals surface area contributed by atoms with Gasteiger partial charge in [-0.2, -0.15) is 0 Å². The van der Waals surface area contributed by atoms with Crippen molar-refractivity contribution in [1.82, 2.24) is 25.4 Å². The van der Waals surface area contributed by atoms with Gasteiger partial charge < -0.3 is 25.8 Å². The van der Waals surface area contributed by atoms with E-state index in [1.54, 1.807) is 0 Å². The van der Waals surface area contributed by atoms with Crippen molar-refractivity contribution in [3.63, 3.8) is 0 Å². The summed E-state index contributed by atoms with van der Waals surface area (Å²) in [7, 11) is 2.01. The second-order valence-corrected chi connectivity index (χ2v) is 10.00. The van der Waals surface area contributed by atoms with Crippen LogP contribution in [0, 0.1) is 5.82 Å². The first kappa shape index (κ1) is 25.0. The largest absolute Gasteiger partial charge is 0.343 e. The van der Waals surface area contributed by atoms with E-state index in [1.165, 1.54) is 28.4 Å². The second-order valence-electron chi connectivity index (χ2n) is 8.51. The van der Waals surface area contributed by atoms with Gasteiger partial charge in [0.1, 0.15) is 5.82 Å².